The molecule has 1 aliphatic carbocycles. The van der Waals surface area contributed by atoms with E-state index in [-0.39, 0.29) is 24.6 Å². The van der Waals surface area contributed by atoms with E-state index in [2.05, 4.69) is 0 Å². The second-order valence-corrected chi connectivity index (χ2v) is 2.63. The van der Waals surface area contributed by atoms with Crippen molar-refractivity contribution >= 4 is 12.3 Å². The Morgan fingerprint density at radius 2 is 2.42 bits per heavy atom. The summed E-state index contributed by atoms with van der Waals surface area (Å²) >= 11 is 0. The van der Waals surface area contributed by atoms with E-state index in [0.29, 0.717) is 19.3 Å². The second-order valence-electron chi connectivity index (χ2n) is 2.63. The van der Waals surface area contributed by atoms with E-state index < -0.39 is 0 Å². The number of hydrogen-bond acceptors (Lipinski definition) is 4. The molecular formula is C8H12O4. The van der Waals surface area contributed by atoms with E-state index in [4.69, 9.17) is 9.47 Å². The zero-order valence-electron chi connectivity index (χ0n) is 6.99. The van der Waals surface area contributed by atoms with Crippen LogP contribution in [-0.4, -0.2) is 31.6 Å². The van der Waals surface area contributed by atoms with E-state index in [0.717, 1.165) is 0 Å². The maximum Gasteiger partial charge on any atom is 0.311 e. The van der Waals surface area contributed by atoms with E-state index in [1.807, 2.05) is 0 Å². The van der Waals surface area contributed by atoms with Crippen LogP contribution in [0.4, 0.5) is 0 Å². The van der Waals surface area contributed by atoms with Crippen LogP contribution in [0.3, 0.4) is 0 Å². The number of rotatable bonds is 5. The van der Waals surface area contributed by atoms with Gasteiger partial charge in [-0.05, 0) is 13.3 Å². The van der Waals surface area contributed by atoms with Crippen molar-refractivity contribution in [1.29, 1.82) is 0 Å². The van der Waals surface area contributed by atoms with E-state index in [1.165, 1.54) is 0 Å². The monoisotopic (exact) mass is 172 g/mol. The Morgan fingerprint density at radius 3 is 3.00 bits per heavy atom. The molecule has 2 atom stereocenters. The van der Waals surface area contributed by atoms with E-state index >= 15 is 0 Å². The van der Waals surface area contributed by atoms with Crippen molar-refractivity contribution < 1.29 is 19.1 Å². The lowest BCUT2D eigenvalue weighted by atomic mass is 10.4. The van der Waals surface area contributed by atoms with Crippen LogP contribution in [-0.2, 0) is 19.1 Å². The Balaban J connectivity index is 2.14. The summed E-state index contributed by atoms with van der Waals surface area (Å²) in [5, 5.41) is 0. The molecule has 4 nitrogen and oxygen atoms in total. The smallest absolute Gasteiger partial charge is 0.311 e. The van der Waals surface area contributed by atoms with Gasteiger partial charge in [0.15, 0.2) is 0 Å². The van der Waals surface area contributed by atoms with Gasteiger partial charge in [0, 0.05) is 0 Å². The highest BCUT2D eigenvalue weighted by Crippen LogP contribution is 2.34. The summed E-state index contributed by atoms with van der Waals surface area (Å²) in [5.74, 6) is -0.349. The Bertz CT molecular complexity index is 178. The zero-order valence-corrected chi connectivity index (χ0v) is 6.99. The molecule has 12 heavy (non-hydrogen) atoms. The molecule has 0 aromatic rings. The fourth-order valence-corrected chi connectivity index (χ4v) is 1.02. The maximum atomic E-state index is 11.0. The molecule has 0 spiro atoms. The number of hydrogen-bond donors (Lipinski definition) is 0. The van der Waals surface area contributed by atoms with Crippen molar-refractivity contribution in [3.05, 3.63) is 0 Å². The maximum absolute atomic E-state index is 11.0. The van der Waals surface area contributed by atoms with Crippen LogP contribution in [0, 0.1) is 5.92 Å². The molecule has 1 aliphatic rings. The molecule has 1 rings (SSSR count). The average molecular weight is 172 g/mol. The molecule has 0 amide bonds. The Hall–Kier alpha value is -0.900. The molecule has 0 bridgehead atoms. The van der Waals surface area contributed by atoms with E-state index in [9.17, 15) is 9.59 Å². The quantitative estimate of drug-likeness (QED) is 0.437. The first-order chi connectivity index (χ1) is 5.79. The Morgan fingerprint density at radius 1 is 1.67 bits per heavy atom. The van der Waals surface area contributed by atoms with Gasteiger partial charge in [0.2, 0.25) is 0 Å². The minimum Gasteiger partial charge on any atom is -0.466 e. The molecular weight excluding hydrogens is 160 g/mol. The summed E-state index contributed by atoms with van der Waals surface area (Å²) in [5.41, 5.74) is 0. The van der Waals surface area contributed by atoms with Crippen molar-refractivity contribution in [2.75, 3.05) is 13.2 Å². The van der Waals surface area contributed by atoms with Crippen LogP contribution in [0.5, 0.6) is 0 Å². The van der Waals surface area contributed by atoms with E-state index in [1.54, 1.807) is 6.92 Å². The molecule has 1 saturated carbocycles. The molecule has 0 aliphatic heterocycles. The largest absolute Gasteiger partial charge is 0.466 e. The minimum absolute atomic E-state index is 0.0700. The molecule has 4 heteroatoms. The van der Waals surface area contributed by atoms with Crippen LogP contribution < -0.4 is 0 Å². The molecule has 1 fully saturated rings. The highest BCUT2D eigenvalue weighted by atomic mass is 16.5. The molecule has 0 N–H and O–H groups in total. The highest BCUT2D eigenvalue weighted by molar-refractivity contribution is 5.76. The summed E-state index contributed by atoms with van der Waals surface area (Å²) in [6.45, 7) is 2.23. The van der Waals surface area contributed by atoms with Crippen molar-refractivity contribution in [3.8, 4) is 0 Å². The Labute approximate surface area is 70.8 Å². The first kappa shape index (κ1) is 9.19. The fraction of sp³-hybridized carbons (Fsp3) is 0.750. The number of aldehydes is 1. The number of ether oxygens (including phenoxy) is 2. The van der Waals surface area contributed by atoms with Crippen LogP contribution in [0.15, 0.2) is 0 Å². The zero-order chi connectivity index (χ0) is 8.97. The van der Waals surface area contributed by atoms with Crippen molar-refractivity contribution in [2.24, 2.45) is 5.92 Å². The lowest BCUT2D eigenvalue weighted by Gasteiger charge is -1.99. The Kier molecular flexibility index (Phi) is 3.22. The molecule has 68 valence electrons. The topological polar surface area (TPSA) is 52.6 Å². The summed E-state index contributed by atoms with van der Waals surface area (Å²) < 4.78 is 9.78. The average Bonchev–Trinajstić information content (AvgIpc) is 2.80. The van der Waals surface area contributed by atoms with Crippen molar-refractivity contribution in [3.63, 3.8) is 0 Å². The van der Waals surface area contributed by atoms with Gasteiger partial charge in [-0.2, -0.15) is 0 Å². The molecule has 0 aromatic carbocycles. The third kappa shape index (κ3) is 2.30. The molecule has 0 saturated heterocycles. The molecule has 0 heterocycles. The third-order valence-corrected chi connectivity index (χ3v) is 1.70. The normalized spacial score (nSPS) is 26.4. The number of carbonyl (C=O) groups is 2. The van der Waals surface area contributed by atoms with Crippen LogP contribution >= 0.6 is 0 Å². The third-order valence-electron chi connectivity index (χ3n) is 1.70. The first-order valence-corrected chi connectivity index (χ1v) is 4.01. The van der Waals surface area contributed by atoms with Gasteiger partial charge in [-0.1, -0.05) is 0 Å². The predicted octanol–water partition coefficient (Wildman–Crippen LogP) is 0.153. The van der Waals surface area contributed by atoms with Crippen LogP contribution in [0.2, 0.25) is 0 Å². The number of esters is 1. The summed E-state index contributed by atoms with van der Waals surface area (Å²) in [4.78, 5) is 20.9. The summed E-state index contributed by atoms with van der Waals surface area (Å²) in [6, 6.07) is 0. The van der Waals surface area contributed by atoms with Crippen LogP contribution in [0.25, 0.3) is 0 Å². The summed E-state index contributed by atoms with van der Waals surface area (Å²) in [7, 11) is 0. The lowest BCUT2D eigenvalue weighted by molar-refractivity contribution is -0.146. The van der Waals surface area contributed by atoms with Gasteiger partial charge >= 0.3 is 5.97 Å². The second kappa shape index (κ2) is 4.21. The van der Waals surface area contributed by atoms with Gasteiger partial charge in [0.05, 0.1) is 18.6 Å². The first-order valence-electron chi connectivity index (χ1n) is 4.01. The van der Waals surface area contributed by atoms with Gasteiger partial charge in [0.1, 0.15) is 12.9 Å². The van der Waals surface area contributed by atoms with Crippen molar-refractivity contribution in [2.45, 2.75) is 19.4 Å². The highest BCUT2D eigenvalue weighted by Gasteiger charge is 2.45. The van der Waals surface area contributed by atoms with Gasteiger partial charge in [-0.15, -0.1) is 0 Å². The molecule has 1 unspecified atom stereocenters. The molecule has 0 aromatic heterocycles. The molecule has 0 radical (unpaired) electrons. The van der Waals surface area contributed by atoms with Gasteiger partial charge in [0.25, 0.3) is 0 Å². The summed E-state index contributed by atoms with van der Waals surface area (Å²) in [6.07, 6.45) is 1.28. The van der Waals surface area contributed by atoms with Crippen LogP contribution in [0.1, 0.15) is 13.3 Å². The standard InChI is InChI=1S/C8H12O4/c1-2-11-8(10)6-5-7(6)12-4-3-9/h3,6-7H,2,4-5H2,1H3/t6-,7?/m0/s1. The van der Waals surface area contributed by atoms with Gasteiger partial charge in [-0.3, -0.25) is 4.79 Å². The van der Waals surface area contributed by atoms with Gasteiger partial charge < -0.3 is 14.3 Å². The fourth-order valence-electron chi connectivity index (χ4n) is 1.02. The van der Waals surface area contributed by atoms with Crippen molar-refractivity contribution in [1.82, 2.24) is 0 Å². The predicted molar refractivity (Wildman–Crippen MR) is 40.5 cm³/mol. The SMILES string of the molecule is CCOC(=O)[C@H]1CC1OCC=O. The minimum atomic E-state index is -0.214. The van der Waals surface area contributed by atoms with Gasteiger partial charge in [-0.25, -0.2) is 0 Å². The lowest BCUT2D eigenvalue weighted by Crippen LogP contribution is -2.11. The number of carbonyl (C=O) groups excluding carboxylic acids is 2.